The molecule has 2 aromatic rings. The molecule has 3 heteroatoms. The number of para-hydroxylation sites is 1. The average Bonchev–Trinajstić information content (AvgIpc) is 2.80. The van der Waals surface area contributed by atoms with Crippen LogP contribution in [0.4, 0.5) is 0 Å². The van der Waals surface area contributed by atoms with Crippen molar-refractivity contribution in [2.24, 2.45) is 0 Å². The van der Waals surface area contributed by atoms with Gasteiger partial charge in [0.2, 0.25) is 0 Å². The third-order valence-corrected chi connectivity index (χ3v) is 2.58. The summed E-state index contributed by atoms with van der Waals surface area (Å²) >= 11 is 0. The number of nitrogens with zero attached hydrogens (tertiary/aromatic N) is 2. The van der Waals surface area contributed by atoms with Crippen LogP contribution in [-0.4, -0.2) is 16.3 Å². The highest BCUT2D eigenvalue weighted by Crippen LogP contribution is 2.12. The predicted octanol–water partition coefficient (Wildman–Crippen LogP) is 2.54. The van der Waals surface area contributed by atoms with Crippen LogP contribution >= 0.6 is 0 Å². The van der Waals surface area contributed by atoms with Gasteiger partial charge in [0.25, 0.3) is 0 Å². The summed E-state index contributed by atoms with van der Waals surface area (Å²) in [5.74, 6) is 0. The van der Waals surface area contributed by atoms with E-state index in [1.165, 1.54) is 0 Å². The molecule has 0 fully saturated rings. The van der Waals surface area contributed by atoms with Crippen LogP contribution < -0.4 is 5.32 Å². The zero-order valence-electron chi connectivity index (χ0n) is 9.72. The third-order valence-electron chi connectivity index (χ3n) is 2.58. The first-order valence-electron chi connectivity index (χ1n) is 5.65. The molecule has 16 heavy (non-hydrogen) atoms. The predicted molar refractivity (Wildman–Crippen MR) is 65.7 cm³/mol. The van der Waals surface area contributed by atoms with Crippen molar-refractivity contribution in [3.63, 3.8) is 0 Å². The molecule has 0 aliphatic rings. The lowest BCUT2D eigenvalue weighted by molar-refractivity contribution is 0.577. The second kappa shape index (κ2) is 4.94. The van der Waals surface area contributed by atoms with Crippen LogP contribution in [0.1, 0.15) is 25.6 Å². The number of nitrogens with one attached hydrogen (secondary N) is 1. The normalized spacial score (nSPS) is 12.6. The van der Waals surface area contributed by atoms with Crippen LogP contribution in [0.25, 0.3) is 5.69 Å². The molecule has 0 aliphatic heterocycles. The maximum absolute atomic E-state index is 4.55. The van der Waals surface area contributed by atoms with Gasteiger partial charge < -0.3 is 5.32 Å². The van der Waals surface area contributed by atoms with Gasteiger partial charge in [0.1, 0.15) is 0 Å². The quantitative estimate of drug-likeness (QED) is 0.849. The number of hydrogen-bond donors (Lipinski definition) is 1. The van der Waals surface area contributed by atoms with Gasteiger partial charge in [0.15, 0.2) is 0 Å². The van der Waals surface area contributed by atoms with Gasteiger partial charge in [0.05, 0.1) is 11.4 Å². The van der Waals surface area contributed by atoms with Crippen molar-refractivity contribution in [1.82, 2.24) is 15.1 Å². The van der Waals surface area contributed by atoms with E-state index in [9.17, 15) is 0 Å². The molecule has 1 aromatic heterocycles. The molecule has 1 N–H and O–H groups in total. The number of aromatic nitrogens is 2. The van der Waals surface area contributed by atoms with Gasteiger partial charge in [0, 0.05) is 12.2 Å². The molecule has 3 nitrogen and oxygen atoms in total. The van der Waals surface area contributed by atoms with Gasteiger partial charge in [-0.25, -0.2) is 4.68 Å². The molecule has 0 spiro atoms. The van der Waals surface area contributed by atoms with Crippen molar-refractivity contribution in [3.8, 4) is 5.69 Å². The Kier molecular flexibility index (Phi) is 3.37. The molecule has 1 heterocycles. The Morgan fingerprint density at radius 1 is 1.25 bits per heavy atom. The van der Waals surface area contributed by atoms with Gasteiger partial charge in [-0.05, 0) is 31.7 Å². The second-order valence-corrected chi connectivity index (χ2v) is 3.80. The number of benzene rings is 1. The fourth-order valence-electron chi connectivity index (χ4n) is 1.70. The summed E-state index contributed by atoms with van der Waals surface area (Å²) in [6, 6.07) is 12.5. The molecular formula is C13H17N3. The van der Waals surface area contributed by atoms with Gasteiger partial charge in [-0.3, -0.25) is 0 Å². The van der Waals surface area contributed by atoms with Gasteiger partial charge in [-0.2, -0.15) is 5.10 Å². The SMILES string of the molecule is CCNC(C)c1ccn(-c2ccccc2)n1. The van der Waals surface area contributed by atoms with Crippen LogP contribution in [0, 0.1) is 0 Å². The van der Waals surface area contributed by atoms with Crippen LogP contribution in [0.5, 0.6) is 0 Å². The third kappa shape index (κ3) is 2.31. The van der Waals surface area contributed by atoms with E-state index in [0.29, 0.717) is 6.04 Å². The van der Waals surface area contributed by atoms with E-state index in [0.717, 1.165) is 17.9 Å². The lowest BCUT2D eigenvalue weighted by Crippen LogP contribution is -2.18. The Hall–Kier alpha value is -1.61. The lowest BCUT2D eigenvalue weighted by atomic mass is 10.2. The standard InChI is InChI=1S/C13H17N3/c1-3-14-11(2)13-9-10-16(15-13)12-7-5-4-6-8-12/h4-11,14H,3H2,1-2H3. The summed E-state index contributed by atoms with van der Waals surface area (Å²) in [6.07, 6.45) is 2.00. The van der Waals surface area contributed by atoms with Gasteiger partial charge >= 0.3 is 0 Å². The van der Waals surface area contributed by atoms with Crippen LogP contribution in [0.3, 0.4) is 0 Å². The fourth-order valence-corrected chi connectivity index (χ4v) is 1.70. The van der Waals surface area contributed by atoms with E-state index in [1.54, 1.807) is 0 Å². The highest BCUT2D eigenvalue weighted by Gasteiger charge is 2.07. The van der Waals surface area contributed by atoms with E-state index >= 15 is 0 Å². The molecule has 2 rings (SSSR count). The Labute approximate surface area is 96.1 Å². The molecule has 0 aliphatic carbocycles. The van der Waals surface area contributed by atoms with Crippen LogP contribution in [-0.2, 0) is 0 Å². The summed E-state index contributed by atoms with van der Waals surface area (Å²) in [6.45, 7) is 5.19. The molecule has 1 atom stereocenters. The summed E-state index contributed by atoms with van der Waals surface area (Å²) in [5, 5.41) is 7.90. The fraction of sp³-hybridized carbons (Fsp3) is 0.308. The average molecular weight is 215 g/mol. The Morgan fingerprint density at radius 3 is 2.69 bits per heavy atom. The smallest absolute Gasteiger partial charge is 0.0795 e. The van der Waals surface area contributed by atoms with E-state index in [1.807, 2.05) is 29.1 Å². The Bertz CT molecular complexity index is 433. The first kappa shape index (κ1) is 10.9. The second-order valence-electron chi connectivity index (χ2n) is 3.80. The summed E-state index contributed by atoms with van der Waals surface area (Å²) in [4.78, 5) is 0. The molecule has 0 saturated heterocycles. The molecule has 84 valence electrons. The van der Waals surface area contributed by atoms with E-state index < -0.39 is 0 Å². The summed E-state index contributed by atoms with van der Waals surface area (Å²) in [5.41, 5.74) is 2.17. The summed E-state index contributed by atoms with van der Waals surface area (Å²) in [7, 11) is 0. The first-order chi connectivity index (χ1) is 7.81. The van der Waals surface area contributed by atoms with Crippen molar-refractivity contribution in [3.05, 3.63) is 48.3 Å². The maximum Gasteiger partial charge on any atom is 0.0795 e. The zero-order chi connectivity index (χ0) is 11.4. The van der Waals surface area contributed by atoms with Crippen molar-refractivity contribution in [1.29, 1.82) is 0 Å². The highest BCUT2D eigenvalue weighted by molar-refractivity contribution is 5.30. The van der Waals surface area contributed by atoms with Crippen molar-refractivity contribution >= 4 is 0 Å². The van der Waals surface area contributed by atoms with E-state index in [2.05, 4.69) is 42.5 Å². The van der Waals surface area contributed by atoms with Crippen molar-refractivity contribution in [2.45, 2.75) is 19.9 Å². The minimum atomic E-state index is 0.301. The first-order valence-corrected chi connectivity index (χ1v) is 5.65. The summed E-state index contributed by atoms with van der Waals surface area (Å²) < 4.78 is 1.91. The molecule has 1 unspecified atom stereocenters. The van der Waals surface area contributed by atoms with Crippen LogP contribution in [0.2, 0.25) is 0 Å². The van der Waals surface area contributed by atoms with E-state index in [4.69, 9.17) is 0 Å². The molecule has 1 aromatic carbocycles. The molecular weight excluding hydrogens is 198 g/mol. The van der Waals surface area contributed by atoms with Crippen molar-refractivity contribution in [2.75, 3.05) is 6.54 Å². The minimum absolute atomic E-state index is 0.301. The maximum atomic E-state index is 4.55. The Balaban J connectivity index is 2.20. The number of rotatable bonds is 4. The van der Waals surface area contributed by atoms with E-state index in [-0.39, 0.29) is 0 Å². The largest absolute Gasteiger partial charge is 0.309 e. The highest BCUT2D eigenvalue weighted by atomic mass is 15.3. The van der Waals surface area contributed by atoms with Gasteiger partial charge in [-0.15, -0.1) is 0 Å². The zero-order valence-corrected chi connectivity index (χ0v) is 9.72. The topological polar surface area (TPSA) is 29.9 Å². The molecule has 0 amide bonds. The molecule has 0 bridgehead atoms. The minimum Gasteiger partial charge on any atom is -0.309 e. The molecule has 0 radical (unpaired) electrons. The Morgan fingerprint density at radius 2 is 2.00 bits per heavy atom. The van der Waals surface area contributed by atoms with Crippen LogP contribution in [0.15, 0.2) is 42.6 Å². The lowest BCUT2D eigenvalue weighted by Gasteiger charge is -2.08. The molecule has 0 saturated carbocycles. The van der Waals surface area contributed by atoms with Crippen molar-refractivity contribution < 1.29 is 0 Å². The van der Waals surface area contributed by atoms with Gasteiger partial charge in [-0.1, -0.05) is 25.1 Å². The monoisotopic (exact) mass is 215 g/mol. The number of hydrogen-bond acceptors (Lipinski definition) is 2.